The number of hydrogen-bond donors (Lipinski definition) is 2. The number of anilines is 2. The molecule has 0 atom stereocenters. The summed E-state index contributed by atoms with van der Waals surface area (Å²) in [6.07, 6.45) is 1.70. The van der Waals surface area contributed by atoms with Crippen molar-refractivity contribution in [1.29, 1.82) is 0 Å². The molecule has 4 amide bonds. The number of methoxy groups -OCH3 is 1. The fourth-order valence-electron chi connectivity index (χ4n) is 5.27. The molecule has 0 unspecified atom stereocenters. The number of rotatable bonds is 8. The summed E-state index contributed by atoms with van der Waals surface area (Å²) in [6.45, 7) is 6.27. The van der Waals surface area contributed by atoms with Crippen LogP contribution in [0.5, 0.6) is 0 Å². The number of likely N-dealkylation sites (tertiary alicyclic amines) is 1. The molecule has 9 nitrogen and oxygen atoms in total. The number of nitrogens with one attached hydrogen (secondary N) is 2. The van der Waals surface area contributed by atoms with Crippen LogP contribution in [0.4, 0.5) is 16.2 Å². The molecule has 1 spiro atoms. The first-order valence-electron chi connectivity index (χ1n) is 12.9. The van der Waals surface area contributed by atoms with Crippen molar-refractivity contribution in [3.8, 4) is 0 Å². The summed E-state index contributed by atoms with van der Waals surface area (Å²) < 4.78 is 5.03. The number of aryl methyl sites for hydroxylation is 2. The van der Waals surface area contributed by atoms with Gasteiger partial charge in [0.05, 0.1) is 6.67 Å². The topological polar surface area (TPSA) is 94.2 Å². The number of piperidine rings is 1. The predicted molar refractivity (Wildman–Crippen MR) is 143 cm³/mol. The molecular formula is C28H37N5O4. The lowest BCUT2D eigenvalue weighted by Crippen LogP contribution is -2.58. The van der Waals surface area contributed by atoms with Crippen molar-refractivity contribution in [2.24, 2.45) is 0 Å². The molecule has 198 valence electrons. The Bertz CT molecular complexity index is 1090. The van der Waals surface area contributed by atoms with Crippen LogP contribution in [-0.4, -0.2) is 79.7 Å². The molecule has 2 aromatic rings. The van der Waals surface area contributed by atoms with Crippen molar-refractivity contribution in [2.45, 2.75) is 38.6 Å². The third kappa shape index (κ3) is 5.72. The monoisotopic (exact) mass is 507 g/mol. The second-order valence-electron chi connectivity index (χ2n) is 9.82. The molecule has 37 heavy (non-hydrogen) atoms. The highest BCUT2D eigenvalue weighted by Gasteiger charge is 2.54. The second-order valence-corrected chi connectivity index (χ2v) is 9.82. The lowest BCUT2D eigenvalue weighted by molar-refractivity contribution is -0.137. The zero-order chi connectivity index (χ0) is 26.4. The van der Waals surface area contributed by atoms with Gasteiger partial charge in [0.2, 0.25) is 5.91 Å². The molecule has 2 fully saturated rings. The normalized spacial score (nSPS) is 16.8. The van der Waals surface area contributed by atoms with E-state index in [0.717, 1.165) is 28.9 Å². The third-order valence-electron chi connectivity index (χ3n) is 7.35. The van der Waals surface area contributed by atoms with E-state index in [1.165, 1.54) is 0 Å². The first-order chi connectivity index (χ1) is 17.9. The summed E-state index contributed by atoms with van der Waals surface area (Å²) in [4.78, 5) is 45.0. The standard InChI is InChI=1S/C28H37N5O4/c1-21-9-7-10-22(2)25(21)30-27(36)31-16-13-28(14-17-31)26(35)32(19-24(34)29-15-8-18-37-3)20-33(28)23-11-5-4-6-12-23/h4-7,9-12H,8,13-20H2,1-3H3,(H,29,34)(H,30,36). The van der Waals surface area contributed by atoms with Gasteiger partial charge in [-0.2, -0.15) is 0 Å². The Labute approximate surface area is 218 Å². The fourth-order valence-corrected chi connectivity index (χ4v) is 5.27. The lowest BCUT2D eigenvalue weighted by atomic mass is 9.85. The van der Waals surface area contributed by atoms with Gasteiger partial charge in [0, 0.05) is 44.7 Å². The Morgan fingerprint density at radius 3 is 2.32 bits per heavy atom. The highest BCUT2D eigenvalue weighted by Crippen LogP contribution is 2.39. The molecule has 0 aromatic heterocycles. The summed E-state index contributed by atoms with van der Waals surface area (Å²) >= 11 is 0. The first-order valence-corrected chi connectivity index (χ1v) is 12.9. The van der Waals surface area contributed by atoms with Crippen LogP contribution in [0.2, 0.25) is 0 Å². The van der Waals surface area contributed by atoms with Crippen molar-refractivity contribution in [1.82, 2.24) is 15.1 Å². The van der Waals surface area contributed by atoms with E-state index in [-0.39, 0.29) is 24.4 Å². The minimum Gasteiger partial charge on any atom is -0.385 e. The second kappa shape index (κ2) is 11.6. The minimum absolute atomic E-state index is 0.00760. The largest absolute Gasteiger partial charge is 0.385 e. The molecule has 0 bridgehead atoms. The Balaban J connectivity index is 1.46. The van der Waals surface area contributed by atoms with Crippen molar-refractivity contribution < 1.29 is 19.1 Å². The number of ether oxygens (including phenoxy) is 1. The lowest BCUT2D eigenvalue weighted by Gasteiger charge is -2.43. The average molecular weight is 508 g/mol. The van der Waals surface area contributed by atoms with E-state index in [1.807, 2.05) is 62.4 Å². The smallest absolute Gasteiger partial charge is 0.321 e. The van der Waals surface area contributed by atoms with Crippen LogP contribution in [-0.2, 0) is 14.3 Å². The number of nitrogens with zero attached hydrogens (tertiary/aromatic N) is 3. The third-order valence-corrected chi connectivity index (χ3v) is 7.35. The Kier molecular flexibility index (Phi) is 8.33. The van der Waals surface area contributed by atoms with Gasteiger partial charge >= 0.3 is 6.03 Å². The van der Waals surface area contributed by atoms with Gasteiger partial charge in [-0.1, -0.05) is 36.4 Å². The molecule has 2 heterocycles. The van der Waals surface area contributed by atoms with Crippen molar-refractivity contribution in [3.05, 3.63) is 59.7 Å². The molecular weight excluding hydrogens is 470 g/mol. The highest BCUT2D eigenvalue weighted by atomic mass is 16.5. The number of carbonyl (C=O) groups is 3. The van der Waals surface area contributed by atoms with E-state index in [4.69, 9.17) is 4.74 Å². The van der Waals surface area contributed by atoms with E-state index in [0.29, 0.717) is 45.8 Å². The number of benzene rings is 2. The minimum atomic E-state index is -0.785. The highest BCUT2D eigenvalue weighted by molar-refractivity contribution is 5.97. The SMILES string of the molecule is COCCCNC(=O)CN1CN(c2ccccc2)C2(CCN(C(=O)Nc3c(C)cccc3C)CC2)C1=O. The van der Waals surface area contributed by atoms with Gasteiger partial charge < -0.3 is 30.1 Å². The van der Waals surface area contributed by atoms with Crippen LogP contribution < -0.4 is 15.5 Å². The summed E-state index contributed by atoms with van der Waals surface area (Å²) in [5.41, 5.74) is 3.01. The van der Waals surface area contributed by atoms with E-state index < -0.39 is 5.54 Å². The first kappa shape index (κ1) is 26.5. The zero-order valence-corrected chi connectivity index (χ0v) is 22.0. The molecule has 2 saturated heterocycles. The molecule has 0 aliphatic carbocycles. The number of amides is 4. The van der Waals surface area contributed by atoms with E-state index in [9.17, 15) is 14.4 Å². The van der Waals surface area contributed by atoms with Crippen molar-refractivity contribution >= 4 is 29.2 Å². The Hall–Kier alpha value is -3.59. The van der Waals surface area contributed by atoms with Crippen LogP contribution in [0.15, 0.2) is 48.5 Å². The van der Waals surface area contributed by atoms with Crippen molar-refractivity contribution in [2.75, 3.05) is 56.8 Å². The van der Waals surface area contributed by atoms with Crippen molar-refractivity contribution in [3.63, 3.8) is 0 Å². The number of carbonyl (C=O) groups excluding carboxylic acids is 3. The molecule has 9 heteroatoms. The van der Waals surface area contributed by atoms with Crippen LogP contribution in [0.3, 0.4) is 0 Å². The molecule has 0 radical (unpaired) electrons. The van der Waals surface area contributed by atoms with Gasteiger partial charge in [0.25, 0.3) is 5.91 Å². The summed E-state index contributed by atoms with van der Waals surface area (Å²) in [6, 6.07) is 15.6. The van der Waals surface area contributed by atoms with Gasteiger partial charge in [-0.15, -0.1) is 0 Å². The van der Waals surface area contributed by atoms with Crippen LogP contribution in [0.25, 0.3) is 0 Å². The summed E-state index contributed by atoms with van der Waals surface area (Å²) in [5.74, 6) is -0.238. The average Bonchev–Trinajstić information content (AvgIpc) is 3.15. The molecule has 2 aliphatic heterocycles. The molecule has 2 N–H and O–H groups in total. The van der Waals surface area contributed by atoms with E-state index in [2.05, 4.69) is 15.5 Å². The molecule has 2 aliphatic rings. The zero-order valence-electron chi connectivity index (χ0n) is 22.0. The Morgan fingerprint density at radius 1 is 1.00 bits per heavy atom. The van der Waals surface area contributed by atoms with Gasteiger partial charge in [-0.05, 0) is 56.4 Å². The maximum absolute atomic E-state index is 13.8. The van der Waals surface area contributed by atoms with Crippen LogP contribution in [0.1, 0.15) is 30.4 Å². The number of para-hydroxylation sites is 2. The number of urea groups is 1. The van der Waals surface area contributed by atoms with Crippen LogP contribution in [0, 0.1) is 13.8 Å². The summed E-state index contributed by atoms with van der Waals surface area (Å²) in [7, 11) is 1.63. The quantitative estimate of drug-likeness (QED) is 0.536. The maximum atomic E-state index is 13.8. The van der Waals surface area contributed by atoms with E-state index in [1.54, 1.807) is 16.9 Å². The molecule has 2 aromatic carbocycles. The van der Waals surface area contributed by atoms with E-state index >= 15 is 0 Å². The van der Waals surface area contributed by atoms with Gasteiger partial charge in [-0.25, -0.2) is 4.79 Å². The number of hydrogen-bond acceptors (Lipinski definition) is 5. The maximum Gasteiger partial charge on any atom is 0.321 e. The molecule has 0 saturated carbocycles. The van der Waals surface area contributed by atoms with Gasteiger partial charge in [-0.3, -0.25) is 9.59 Å². The van der Waals surface area contributed by atoms with Crippen LogP contribution >= 0.6 is 0 Å². The Morgan fingerprint density at radius 2 is 1.68 bits per heavy atom. The van der Waals surface area contributed by atoms with Gasteiger partial charge in [0.1, 0.15) is 12.1 Å². The predicted octanol–water partition coefficient (Wildman–Crippen LogP) is 3.13. The molecule has 4 rings (SSSR count). The summed E-state index contributed by atoms with van der Waals surface area (Å²) in [5, 5.41) is 5.93. The van der Waals surface area contributed by atoms with Gasteiger partial charge in [0.15, 0.2) is 0 Å². The fraction of sp³-hybridized carbons (Fsp3) is 0.464.